The maximum Gasteiger partial charge on any atom is 0.220 e. The van der Waals surface area contributed by atoms with Crippen LogP contribution in [-0.2, 0) is 11.3 Å². The van der Waals surface area contributed by atoms with Crippen molar-refractivity contribution in [3.05, 3.63) is 39.8 Å². The second kappa shape index (κ2) is 7.19. The Morgan fingerprint density at radius 3 is 2.61 bits per heavy atom. The monoisotopic (exact) mass is 350 g/mol. The fraction of sp³-hybridized carbons (Fsp3) is 0.375. The van der Waals surface area contributed by atoms with Gasteiger partial charge in [-0.25, -0.2) is 4.98 Å². The lowest BCUT2D eigenvalue weighted by Gasteiger charge is -2.32. The normalized spacial score (nSPS) is 15.6. The van der Waals surface area contributed by atoms with Gasteiger partial charge in [0.2, 0.25) is 5.91 Å². The molecular formula is C16H19ClN4OS. The predicted molar refractivity (Wildman–Crippen MR) is 95.0 cm³/mol. The van der Waals surface area contributed by atoms with E-state index in [4.69, 9.17) is 17.3 Å². The number of amides is 1. The molecule has 3 rings (SSSR count). The van der Waals surface area contributed by atoms with Crippen LogP contribution in [0, 0.1) is 5.92 Å². The van der Waals surface area contributed by atoms with Crippen LogP contribution in [0.25, 0.3) is 0 Å². The number of nitrogens with one attached hydrogen (secondary N) is 1. The number of aromatic nitrogens is 1. The van der Waals surface area contributed by atoms with Crippen molar-refractivity contribution in [1.82, 2.24) is 4.98 Å². The molecule has 1 saturated heterocycles. The molecule has 1 fully saturated rings. The van der Waals surface area contributed by atoms with Crippen molar-refractivity contribution in [2.24, 2.45) is 11.7 Å². The molecule has 1 aliphatic heterocycles. The summed E-state index contributed by atoms with van der Waals surface area (Å²) in [6, 6.07) is 8.34. The van der Waals surface area contributed by atoms with Crippen molar-refractivity contribution in [1.29, 1.82) is 0 Å². The minimum atomic E-state index is -0.174. The zero-order chi connectivity index (χ0) is 16.2. The van der Waals surface area contributed by atoms with Gasteiger partial charge in [-0.15, -0.1) is 11.3 Å². The first-order valence-electron chi connectivity index (χ1n) is 7.60. The van der Waals surface area contributed by atoms with Crippen molar-refractivity contribution < 1.29 is 4.79 Å². The highest BCUT2D eigenvalue weighted by atomic mass is 35.5. The van der Waals surface area contributed by atoms with Crippen LogP contribution in [0.3, 0.4) is 0 Å². The lowest BCUT2D eigenvalue weighted by Crippen LogP contribution is -2.38. The summed E-state index contributed by atoms with van der Waals surface area (Å²) in [6.45, 7) is 2.47. The molecule has 23 heavy (non-hydrogen) atoms. The highest BCUT2D eigenvalue weighted by Crippen LogP contribution is 2.25. The Labute approximate surface area is 144 Å². The van der Waals surface area contributed by atoms with Crippen LogP contribution in [0.2, 0.25) is 4.47 Å². The number of nitrogens with zero attached hydrogens (tertiary/aromatic N) is 2. The Morgan fingerprint density at radius 1 is 1.35 bits per heavy atom. The van der Waals surface area contributed by atoms with Crippen LogP contribution in [-0.4, -0.2) is 24.0 Å². The van der Waals surface area contributed by atoms with E-state index in [1.807, 2.05) is 0 Å². The predicted octanol–water partition coefficient (Wildman–Crippen LogP) is 3.11. The number of piperidine rings is 1. The molecule has 0 unspecified atom stereocenters. The van der Waals surface area contributed by atoms with E-state index in [0.717, 1.165) is 36.5 Å². The van der Waals surface area contributed by atoms with Gasteiger partial charge in [0.25, 0.3) is 0 Å². The number of anilines is 2. The molecule has 0 bridgehead atoms. The minimum absolute atomic E-state index is 0.0263. The molecule has 1 amide bonds. The van der Waals surface area contributed by atoms with Crippen LogP contribution < -0.4 is 16.0 Å². The summed E-state index contributed by atoms with van der Waals surface area (Å²) in [5.41, 5.74) is 7.62. The van der Waals surface area contributed by atoms with Gasteiger partial charge >= 0.3 is 0 Å². The maximum atomic E-state index is 11.2. The van der Waals surface area contributed by atoms with Crippen LogP contribution in [0.15, 0.2) is 30.5 Å². The molecule has 0 atom stereocenters. The number of thiazole rings is 1. The fourth-order valence-electron chi connectivity index (χ4n) is 2.77. The molecule has 5 nitrogen and oxygen atoms in total. The number of hydrogen-bond acceptors (Lipinski definition) is 5. The third kappa shape index (κ3) is 4.14. The second-order valence-corrected chi connectivity index (χ2v) is 7.34. The van der Waals surface area contributed by atoms with Crippen LogP contribution in [0.1, 0.15) is 17.7 Å². The van der Waals surface area contributed by atoms with Gasteiger partial charge < -0.3 is 16.0 Å². The summed E-state index contributed by atoms with van der Waals surface area (Å²) in [4.78, 5) is 18.6. The van der Waals surface area contributed by atoms with Gasteiger partial charge in [0, 0.05) is 41.5 Å². The second-order valence-electron chi connectivity index (χ2n) is 5.64. The summed E-state index contributed by atoms with van der Waals surface area (Å²) in [6.07, 6.45) is 3.46. The molecular weight excluding hydrogens is 332 g/mol. The van der Waals surface area contributed by atoms with Crippen molar-refractivity contribution in [3.63, 3.8) is 0 Å². The van der Waals surface area contributed by atoms with E-state index in [1.54, 1.807) is 6.20 Å². The third-order valence-corrected chi connectivity index (χ3v) is 5.24. The van der Waals surface area contributed by atoms with E-state index in [2.05, 4.69) is 39.5 Å². The first-order chi connectivity index (χ1) is 11.1. The zero-order valence-electron chi connectivity index (χ0n) is 12.7. The number of carbonyl (C=O) groups is 1. The number of primary amides is 1. The standard InChI is InChI=1S/C16H19ClN4OS/c17-16-20-10-14(23-16)9-19-12-1-3-13(4-2-12)21-7-5-11(6-8-21)15(18)22/h1-4,10-11,19H,5-9H2,(H2,18,22). The maximum absolute atomic E-state index is 11.2. The average molecular weight is 351 g/mol. The quantitative estimate of drug-likeness (QED) is 0.869. The van der Waals surface area contributed by atoms with Crippen molar-refractivity contribution in [2.75, 3.05) is 23.3 Å². The molecule has 2 aromatic rings. The topological polar surface area (TPSA) is 71.2 Å². The van der Waals surface area contributed by atoms with E-state index >= 15 is 0 Å². The number of carbonyl (C=O) groups excluding carboxylic acids is 1. The van der Waals surface area contributed by atoms with Crippen molar-refractivity contribution >= 4 is 40.2 Å². The average Bonchev–Trinajstić information content (AvgIpc) is 2.99. The van der Waals surface area contributed by atoms with Crippen LogP contribution in [0.5, 0.6) is 0 Å². The molecule has 0 saturated carbocycles. The molecule has 0 aliphatic carbocycles. The van der Waals surface area contributed by atoms with Crippen molar-refractivity contribution in [3.8, 4) is 0 Å². The number of rotatable bonds is 5. The fourth-order valence-corrected chi connectivity index (χ4v) is 3.68. The summed E-state index contributed by atoms with van der Waals surface area (Å²) < 4.78 is 0.566. The number of benzene rings is 1. The summed E-state index contributed by atoms with van der Waals surface area (Å²) in [5, 5.41) is 3.36. The van der Waals surface area contributed by atoms with Crippen LogP contribution in [0.4, 0.5) is 11.4 Å². The summed E-state index contributed by atoms with van der Waals surface area (Å²) in [7, 11) is 0. The minimum Gasteiger partial charge on any atom is -0.380 e. The van der Waals surface area contributed by atoms with Crippen molar-refractivity contribution in [2.45, 2.75) is 19.4 Å². The molecule has 0 spiro atoms. The SMILES string of the molecule is NC(=O)C1CCN(c2ccc(NCc3cnc(Cl)s3)cc2)CC1. The Morgan fingerprint density at radius 2 is 2.04 bits per heavy atom. The van der Waals surface area contributed by atoms with E-state index in [0.29, 0.717) is 11.0 Å². The van der Waals surface area contributed by atoms with Gasteiger partial charge in [-0.05, 0) is 37.1 Å². The molecule has 122 valence electrons. The van der Waals surface area contributed by atoms with E-state index < -0.39 is 0 Å². The lowest BCUT2D eigenvalue weighted by atomic mass is 9.96. The lowest BCUT2D eigenvalue weighted by molar-refractivity contribution is -0.122. The summed E-state index contributed by atoms with van der Waals surface area (Å²) >= 11 is 7.31. The van der Waals surface area contributed by atoms with Gasteiger partial charge in [0.1, 0.15) is 0 Å². The summed E-state index contributed by atoms with van der Waals surface area (Å²) in [5.74, 6) is -0.147. The molecule has 7 heteroatoms. The highest BCUT2D eigenvalue weighted by molar-refractivity contribution is 7.15. The number of hydrogen-bond donors (Lipinski definition) is 2. The molecule has 0 radical (unpaired) electrons. The van der Waals surface area contributed by atoms with Crippen LogP contribution >= 0.6 is 22.9 Å². The Kier molecular flexibility index (Phi) is 5.03. The largest absolute Gasteiger partial charge is 0.380 e. The zero-order valence-corrected chi connectivity index (χ0v) is 14.2. The van der Waals surface area contributed by atoms with E-state index in [1.165, 1.54) is 17.0 Å². The smallest absolute Gasteiger partial charge is 0.220 e. The van der Waals surface area contributed by atoms with Gasteiger partial charge in [0.15, 0.2) is 4.47 Å². The van der Waals surface area contributed by atoms with E-state index in [-0.39, 0.29) is 11.8 Å². The Balaban J connectivity index is 1.54. The van der Waals surface area contributed by atoms with Gasteiger partial charge in [-0.2, -0.15) is 0 Å². The number of halogens is 1. The molecule has 2 heterocycles. The Bertz CT molecular complexity index is 665. The number of nitrogens with two attached hydrogens (primary N) is 1. The highest BCUT2D eigenvalue weighted by Gasteiger charge is 2.23. The molecule has 3 N–H and O–H groups in total. The molecule has 1 aromatic heterocycles. The molecule has 1 aliphatic rings. The Hall–Kier alpha value is -1.79. The van der Waals surface area contributed by atoms with E-state index in [9.17, 15) is 4.79 Å². The third-order valence-electron chi connectivity index (χ3n) is 4.12. The first kappa shape index (κ1) is 16.1. The van der Waals surface area contributed by atoms with Gasteiger partial charge in [-0.3, -0.25) is 4.79 Å². The van der Waals surface area contributed by atoms with Gasteiger partial charge in [0.05, 0.1) is 6.54 Å². The van der Waals surface area contributed by atoms with Gasteiger partial charge in [-0.1, -0.05) is 11.6 Å². The first-order valence-corrected chi connectivity index (χ1v) is 8.79. The molecule has 1 aromatic carbocycles.